The summed E-state index contributed by atoms with van der Waals surface area (Å²) >= 11 is 2.22. The highest BCUT2D eigenvalue weighted by Crippen LogP contribution is 2.54. The van der Waals surface area contributed by atoms with E-state index in [9.17, 15) is 18.4 Å². The van der Waals surface area contributed by atoms with Crippen LogP contribution in [0.15, 0.2) is 29.1 Å². The molecule has 1 aliphatic heterocycles. The number of halogens is 3. The van der Waals surface area contributed by atoms with Crippen molar-refractivity contribution in [3.63, 3.8) is 0 Å². The Morgan fingerprint density at radius 3 is 2.30 bits per heavy atom. The first kappa shape index (κ1) is 22.7. The van der Waals surface area contributed by atoms with Crippen LogP contribution >= 0.6 is 22.6 Å². The molecule has 1 aromatic heterocycles. The second kappa shape index (κ2) is 8.32. The molecule has 0 bridgehead atoms. The standard InChI is InChI=1S/C24H27F2IN4O2/c25-24(26)7-5-15(6-8-24)31-19(32)4-3-18(29-31)20-17(27)2-1-16(22(28)33)21(20)30-13-11-23(9-10-23)12-14-30/h1-4,15H,5-14H2,(H2,28,33). The lowest BCUT2D eigenvalue weighted by atomic mass is 9.91. The lowest BCUT2D eigenvalue weighted by Gasteiger charge is -2.36. The number of alkyl halides is 2. The Labute approximate surface area is 204 Å². The molecule has 176 valence electrons. The molecule has 3 fully saturated rings. The van der Waals surface area contributed by atoms with Gasteiger partial charge in [-0.1, -0.05) is 0 Å². The van der Waals surface area contributed by atoms with Crippen LogP contribution in [-0.2, 0) is 0 Å². The summed E-state index contributed by atoms with van der Waals surface area (Å²) in [6.45, 7) is 1.68. The van der Waals surface area contributed by atoms with Crippen molar-refractivity contribution < 1.29 is 13.6 Å². The van der Waals surface area contributed by atoms with Crippen LogP contribution in [0.25, 0.3) is 11.3 Å². The van der Waals surface area contributed by atoms with Gasteiger partial charge in [0, 0.05) is 41.1 Å². The largest absolute Gasteiger partial charge is 0.370 e. The van der Waals surface area contributed by atoms with Crippen molar-refractivity contribution >= 4 is 34.2 Å². The summed E-state index contributed by atoms with van der Waals surface area (Å²) in [5.41, 5.74) is 8.47. The molecule has 5 rings (SSSR count). The number of benzene rings is 1. The summed E-state index contributed by atoms with van der Waals surface area (Å²) < 4.78 is 29.6. The SMILES string of the molecule is NC(=O)c1ccc(I)c(-c2ccc(=O)n(C3CCC(F)(F)CC3)n2)c1N1CCC2(CC1)CC2. The Bertz CT molecular complexity index is 1140. The summed E-state index contributed by atoms with van der Waals surface area (Å²) in [5.74, 6) is -3.18. The molecule has 0 radical (unpaired) electrons. The topological polar surface area (TPSA) is 81.2 Å². The van der Waals surface area contributed by atoms with E-state index in [-0.39, 0.29) is 37.3 Å². The Morgan fingerprint density at radius 2 is 1.70 bits per heavy atom. The number of nitrogens with two attached hydrogens (primary N) is 1. The number of aromatic nitrogens is 2. The monoisotopic (exact) mass is 568 g/mol. The van der Waals surface area contributed by atoms with Gasteiger partial charge in [-0.15, -0.1) is 0 Å². The first-order valence-corrected chi connectivity index (χ1v) is 12.6. The van der Waals surface area contributed by atoms with E-state index in [2.05, 4.69) is 32.6 Å². The van der Waals surface area contributed by atoms with E-state index in [0.29, 0.717) is 16.7 Å². The molecule has 1 spiro atoms. The predicted octanol–water partition coefficient (Wildman–Crippen LogP) is 4.74. The second-order valence-corrected chi connectivity index (χ2v) is 10.9. The summed E-state index contributed by atoms with van der Waals surface area (Å²) in [6.07, 6.45) is 4.65. The van der Waals surface area contributed by atoms with Crippen molar-refractivity contribution in [2.24, 2.45) is 11.1 Å². The number of anilines is 1. The van der Waals surface area contributed by atoms with Crippen LogP contribution in [0.4, 0.5) is 14.5 Å². The third-order valence-corrected chi connectivity index (χ3v) is 8.50. The molecule has 1 saturated heterocycles. The lowest BCUT2D eigenvalue weighted by Crippen LogP contribution is -2.36. The predicted molar refractivity (Wildman–Crippen MR) is 131 cm³/mol. The van der Waals surface area contributed by atoms with E-state index in [1.807, 2.05) is 6.07 Å². The van der Waals surface area contributed by atoms with E-state index in [1.54, 1.807) is 12.1 Å². The highest BCUT2D eigenvalue weighted by Gasteiger charge is 2.45. The van der Waals surface area contributed by atoms with E-state index >= 15 is 0 Å². The minimum atomic E-state index is -2.68. The zero-order valence-corrected chi connectivity index (χ0v) is 20.5. The van der Waals surface area contributed by atoms with Crippen molar-refractivity contribution in [1.29, 1.82) is 0 Å². The summed E-state index contributed by atoms with van der Waals surface area (Å²) in [5, 5.41) is 4.65. The van der Waals surface area contributed by atoms with Gasteiger partial charge < -0.3 is 10.6 Å². The van der Waals surface area contributed by atoms with Gasteiger partial charge >= 0.3 is 0 Å². The smallest absolute Gasteiger partial charge is 0.267 e. The fourth-order valence-corrected chi connectivity index (χ4v) is 6.02. The van der Waals surface area contributed by atoms with Crippen molar-refractivity contribution in [1.82, 2.24) is 9.78 Å². The molecule has 2 saturated carbocycles. The van der Waals surface area contributed by atoms with Crippen LogP contribution in [0.2, 0.25) is 0 Å². The van der Waals surface area contributed by atoms with Crippen molar-refractivity contribution in [2.45, 2.75) is 63.3 Å². The van der Waals surface area contributed by atoms with Crippen molar-refractivity contribution in [2.75, 3.05) is 18.0 Å². The van der Waals surface area contributed by atoms with Crippen LogP contribution in [0.5, 0.6) is 0 Å². The van der Waals surface area contributed by atoms with Crippen LogP contribution < -0.4 is 16.2 Å². The first-order chi connectivity index (χ1) is 15.7. The molecule has 3 aliphatic rings. The third kappa shape index (κ3) is 4.40. The molecule has 2 aliphatic carbocycles. The first-order valence-electron chi connectivity index (χ1n) is 11.5. The van der Waals surface area contributed by atoms with E-state index in [1.165, 1.54) is 23.6 Å². The van der Waals surface area contributed by atoms with Gasteiger partial charge in [-0.2, -0.15) is 5.10 Å². The number of carbonyl (C=O) groups excluding carboxylic acids is 1. The molecular formula is C24H27F2IN4O2. The molecular weight excluding hydrogens is 541 g/mol. The lowest BCUT2D eigenvalue weighted by molar-refractivity contribution is -0.0454. The van der Waals surface area contributed by atoms with E-state index in [0.717, 1.165) is 40.8 Å². The number of nitrogens with zero attached hydrogens (tertiary/aromatic N) is 3. The zero-order chi connectivity index (χ0) is 23.4. The number of primary amides is 1. The summed E-state index contributed by atoms with van der Waals surface area (Å²) in [4.78, 5) is 27.2. The van der Waals surface area contributed by atoms with Gasteiger partial charge in [0.25, 0.3) is 11.5 Å². The van der Waals surface area contributed by atoms with Crippen molar-refractivity contribution in [3.8, 4) is 11.3 Å². The molecule has 0 unspecified atom stereocenters. The molecule has 1 aromatic carbocycles. The Morgan fingerprint density at radius 1 is 1.03 bits per heavy atom. The Hall–Kier alpha value is -2.04. The molecule has 33 heavy (non-hydrogen) atoms. The Balaban J connectivity index is 1.57. The molecule has 2 aromatic rings. The molecule has 2 N–H and O–H groups in total. The van der Waals surface area contributed by atoms with Gasteiger partial charge in [0.2, 0.25) is 5.92 Å². The number of piperidine rings is 1. The average molecular weight is 568 g/mol. The van der Waals surface area contributed by atoms with Crippen LogP contribution in [0, 0.1) is 8.99 Å². The maximum atomic E-state index is 13.7. The number of hydrogen-bond acceptors (Lipinski definition) is 4. The maximum Gasteiger partial charge on any atom is 0.267 e. The Kier molecular flexibility index (Phi) is 5.73. The average Bonchev–Trinajstić information content (AvgIpc) is 3.53. The van der Waals surface area contributed by atoms with Crippen LogP contribution in [0.3, 0.4) is 0 Å². The van der Waals surface area contributed by atoms with Crippen LogP contribution in [0.1, 0.15) is 67.8 Å². The van der Waals surface area contributed by atoms with Crippen LogP contribution in [-0.4, -0.2) is 34.7 Å². The molecule has 0 atom stereocenters. The summed E-state index contributed by atoms with van der Waals surface area (Å²) in [7, 11) is 0. The maximum absolute atomic E-state index is 13.7. The van der Waals surface area contributed by atoms with Gasteiger partial charge in [-0.25, -0.2) is 13.5 Å². The van der Waals surface area contributed by atoms with Gasteiger partial charge in [-0.05, 0) is 84.7 Å². The fraction of sp³-hybridized carbons (Fsp3) is 0.542. The number of carbonyl (C=O) groups is 1. The summed E-state index contributed by atoms with van der Waals surface area (Å²) in [6, 6.07) is 6.34. The number of rotatable bonds is 4. The van der Waals surface area contributed by atoms with Gasteiger partial charge in [0.1, 0.15) is 0 Å². The molecule has 2 heterocycles. The normalized spacial score (nSPS) is 21.8. The van der Waals surface area contributed by atoms with Crippen molar-refractivity contribution in [3.05, 3.63) is 43.8 Å². The van der Waals surface area contributed by atoms with Gasteiger partial charge in [-0.3, -0.25) is 9.59 Å². The highest BCUT2D eigenvalue weighted by molar-refractivity contribution is 14.1. The number of hydrogen-bond donors (Lipinski definition) is 1. The second-order valence-electron chi connectivity index (χ2n) is 9.76. The fourth-order valence-electron chi connectivity index (χ4n) is 5.31. The van der Waals surface area contributed by atoms with Gasteiger partial charge in [0.05, 0.1) is 23.0 Å². The molecule has 6 nitrogen and oxygen atoms in total. The number of amides is 1. The zero-order valence-electron chi connectivity index (χ0n) is 18.3. The third-order valence-electron chi connectivity index (χ3n) is 7.60. The minimum absolute atomic E-state index is 0.211. The molecule has 1 amide bonds. The molecule has 9 heteroatoms. The quantitative estimate of drug-likeness (QED) is 0.541. The minimum Gasteiger partial charge on any atom is -0.370 e. The van der Waals surface area contributed by atoms with E-state index in [4.69, 9.17) is 5.73 Å². The van der Waals surface area contributed by atoms with E-state index < -0.39 is 11.8 Å². The van der Waals surface area contributed by atoms with Gasteiger partial charge in [0.15, 0.2) is 0 Å². The highest BCUT2D eigenvalue weighted by atomic mass is 127.